The molecule has 2 heterocycles. The smallest absolute Gasteiger partial charge is 0.317 e. The van der Waals surface area contributed by atoms with Crippen molar-refractivity contribution in [3.8, 4) is 11.4 Å². The van der Waals surface area contributed by atoms with Crippen LogP contribution < -0.4 is 5.32 Å². The number of rotatable bonds is 3. The Balaban J connectivity index is 1.40. The molecule has 1 saturated heterocycles. The van der Waals surface area contributed by atoms with E-state index in [0.717, 1.165) is 37.8 Å². The highest BCUT2D eigenvalue weighted by molar-refractivity contribution is 6.30. The van der Waals surface area contributed by atoms with E-state index in [0.29, 0.717) is 29.3 Å². The molecule has 0 radical (unpaired) electrons. The van der Waals surface area contributed by atoms with Crippen LogP contribution in [0.25, 0.3) is 11.4 Å². The van der Waals surface area contributed by atoms with Crippen LogP contribution in [0.1, 0.15) is 56.8 Å². The van der Waals surface area contributed by atoms with Crippen LogP contribution in [0.4, 0.5) is 4.79 Å². The van der Waals surface area contributed by atoms with Gasteiger partial charge in [-0.2, -0.15) is 4.98 Å². The van der Waals surface area contributed by atoms with E-state index in [1.807, 2.05) is 29.2 Å². The largest absolute Gasteiger partial charge is 0.339 e. The maximum Gasteiger partial charge on any atom is 0.317 e. The van der Waals surface area contributed by atoms with Crippen LogP contribution in [0.15, 0.2) is 28.8 Å². The summed E-state index contributed by atoms with van der Waals surface area (Å²) in [6, 6.07) is 7.78. The van der Waals surface area contributed by atoms with Gasteiger partial charge in [0.25, 0.3) is 0 Å². The Kier molecular flexibility index (Phi) is 5.62. The third-order valence-corrected chi connectivity index (χ3v) is 5.75. The first-order valence-corrected chi connectivity index (χ1v) is 10.2. The molecule has 1 saturated carbocycles. The van der Waals surface area contributed by atoms with Gasteiger partial charge in [-0.05, 0) is 37.8 Å². The maximum absolute atomic E-state index is 12.6. The number of amides is 2. The minimum Gasteiger partial charge on any atom is -0.339 e. The molecular formula is C20H25ClN4O2. The fraction of sp³-hybridized carbons (Fsp3) is 0.550. The van der Waals surface area contributed by atoms with Crippen molar-refractivity contribution in [1.82, 2.24) is 20.4 Å². The van der Waals surface area contributed by atoms with E-state index in [-0.39, 0.29) is 11.9 Å². The lowest BCUT2D eigenvalue weighted by atomic mass is 9.95. The van der Waals surface area contributed by atoms with Gasteiger partial charge in [0.2, 0.25) is 11.7 Å². The molecule has 2 amide bonds. The number of hydrogen-bond donors (Lipinski definition) is 1. The molecule has 2 fully saturated rings. The van der Waals surface area contributed by atoms with Gasteiger partial charge in [0.1, 0.15) is 0 Å². The number of nitrogens with one attached hydrogen (secondary N) is 1. The lowest BCUT2D eigenvalue weighted by Crippen LogP contribution is -2.48. The number of carbonyl (C=O) groups is 1. The first-order chi connectivity index (χ1) is 13.2. The summed E-state index contributed by atoms with van der Waals surface area (Å²) < 4.78 is 5.51. The summed E-state index contributed by atoms with van der Waals surface area (Å²) >= 11 is 6.05. The molecule has 1 N–H and O–H groups in total. The van der Waals surface area contributed by atoms with Crippen LogP contribution >= 0.6 is 11.6 Å². The topological polar surface area (TPSA) is 71.3 Å². The minimum absolute atomic E-state index is 0.0428. The van der Waals surface area contributed by atoms with Crippen molar-refractivity contribution in [1.29, 1.82) is 0 Å². The summed E-state index contributed by atoms with van der Waals surface area (Å²) in [7, 11) is 0. The van der Waals surface area contributed by atoms with Gasteiger partial charge in [-0.25, -0.2) is 4.79 Å². The molecule has 6 nitrogen and oxygen atoms in total. The van der Waals surface area contributed by atoms with Crippen LogP contribution in [-0.4, -0.2) is 40.2 Å². The Morgan fingerprint density at radius 3 is 2.85 bits per heavy atom. The van der Waals surface area contributed by atoms with E-state index in [2.05, 4.69) is 15.5 Å². The molecule has 7 heteroatoms. The van der Waals surface area contributed by atoms with E-state index >= 15 is 0 Å². The van der Waals surface area contributed by atoms with Crippen molar-refractivity contribution in [3.05, 3.63) is 35.2 Å². The van der Waals surface area contributed by atoms with Crippen molar-refractivity contribution >= 4 is 17.6 Å². The van der Waals surface area contributed by atoms with Crippen LogP contribution in [0.2, 0.25) is 5.02 Å². The SMILES string of the molecule is O=C(NC1CCCCC1)N1CCC[C@H](c2nc(-c3cccc(Cl)c3)no2)C1. The van der Waals surface area contributed by atoms with Crippen molar-refractivity contribution < 1.29 is 9.32 Å². The fourth-order valence-corrected chi connectivity index (χ4v) is 4.21. The van der Waals surface area contributed by atoms with Gasteiger partial charge >= 0.3 is 6.03 Å². The first-order valence-electron chi connectivity index (χ1n) is 9.84. The van der Waals surface area contributed by atoms with Crippen molar-refractivity contribution in [3.63, 3.8) is 0 Å². The zero-order valence-corrected chi connectivity index (χ0v) is 16.1. The minimum atomic E-state index is 0.0428. The van der Waals surface area contributed by atoms with E-state index in [4.69, 9.17) is 16.1 Å². The number of nitrogens with zero attached hydrogens (tertiary/aromatic N) is 3. The number of likely N-dealkylation sites (tertiary alicyclic amines) is 1. The number of hydrogen-bond acceptors (Lipinski definition) is 4. The predicted octanol–water partition coefficient (Wildman–Crippen LogP) is 4.61. The van der Waals surface area contributed by atoms with Crippen LogP contribution in [0, 0.1) is 0 Å². The molecule has 2 aliphatic rings. The monoisotopic (exact) mass is 388 g/mol. The van der Waals surface area contributed by atoms with Gasteiger partial charge in [-0.15, -0.1) is 0 Å². The Morgan fingerprint density at radius 1 is 1.19 bits per heavy atom. The predicted molar refractivity (Wildman–Crippen MR) is 104 cm³/mol. The number of benzene rings is 1. The van der Waals surface area contributed by atoms with Gasteiger partial charge in [0, 0.05) is 29.7 Å². The first kappa shape index (κ1) is 18.3. The van der Waals surface area contributed by atoms with Gasteiger partial charge in [0.05, 0.1) is 5.92 Å². The molecule has 1 aromatic heterocycles. The van der Waals surface area contributed by atoms with Gasteiger partial charge in [0.15, 0.2) is 0 Å². The highest BCUT2D eigenvalue weighted by Crippen LogP contribution is 2.28. The molecule has 27 heavy (non-hydrogen) atoms. The maximum atomic E-state index is 12.6. The molecular weight excluding hydrogens is 364 g/mol. The van der Waals surface area contributed by atoms with E-state index in [1.165, 1.54) is 19.3 Å². The van der Waals surface area contributed by atoms with Crippen molar-refractivity contribution in [2.45, 2.75) is 56.9 Å². The molecule has 1 aliphatic carbocycles. The average Bonchev–Trinajstić information content (AvgIpc) is 3.19. The number of halogens is 1. The quantitative estimate of drug-likeness (QED) is 0.833. The van der Waals surface area contributed by atoms with Gasteiger partial charge in [-0.1, -0.05) is 48.2 Å². The third-order valence-electron chi connectivity index (χ3n) is 5.52. The molecule has 1 aliphatic heterocycles. The number of aromatic nitrogens is 2. The van der Waals surface area contributed by atoms with Crippen LogP contribution in [0.3, 0.4) is 0 Å². The molecule has 1 aromatic carbocycles. The van der Waals surface area contributed by atoms with E-state index < -0.39 is 0 Å². The molecule has 144 valence electrons. The Hall–Kier alpha value is -2.08. The Morgan fingerprint density at radius 2 is 2.04 bits per heavy atom. The normalized spacial score (nSPS) is 21.2. The lowest BCUT2D eigenvalue weighted by Gasteiger charge is -2.33. The lowest BCUT2D eigenvalue weighted by molar-refractivity contribution is 0.166. The summed E-state index contributed by atoms with van der Waals surface area (Å²) in [4.78, 5) is 19.1. The van der Waals surface area contributed by atoms with E-state index in [1.54, 1.807) is 0 Å². The van der Waals surface area contributed by atoms with E-state index in [9.17, 15) is 4.79 Å². The summed E-state index contributed by atoms with van der Waals surface area (Å²) in [5.74, 6) is 1.22. The number of carbonyl (C=O) groups excluding carboxylic acids is 1. The van der Waals surface area contributed by atoms with Crippen LogP contribution in [0.5, 0.6) is 0 Å². The molecule has 0 spiro atoms. The number of urea groups is 1. The second kappa shape index (κ2) is 8.30. The summed E-state index contributed by atoms with van der Waals surface area (Å²) in [5.41, 5.74) is 0.834. The van der Waals surface area contributed by atoms with Crippen LogP contribution in [-0.2, 0) is 0 Å². The molecule has 0 bridgehead atoms. The van der Waals surface area contributed by atoms with Gasteiger partial charge < -0.3 is 14.7 Å². The second-order valence-electron chi connectivity index (χ2n) is 7.54. The summed E-state index contributed by atoms with van der Waals surface area (Å²) in [5, 5.41) is 7.95. The summed E-state index contributed by atoms with van der Waals surface area (Å²) in [6.45, 7) is 1.40. The molecule has 1 atom stereocenters. The highest BCUT2D eigenvalue weighted by atomic mass is 35.5. The fourth-order valence-electron chi connectivity index (χ4n) is 4.02. The van der Waals surface area contributed by atoms with Gasteiger partial charge in [-0.3, -0.25) is 0 Å². The Labute approximate surface area is 164 Å². The standard InChI is InChI=1S/C20H25ClN4O2/c21-16-8-4-6-14(12-16)18-23-19(27-24-18)15-7-5-11-25(13-15)20(26)22-17-9-2-1-3-10-17/h4,6,8,12,15,17H,1-3,5,7,9-11,13H2,(H,22,26)/t15-/m0/s1. The molecule has 0 unspecified atom stereocenters. The zero-order chi connectivity index (χ0) is 18.6. The van der Waals surface area contributed by atoms with Crippen molar-refractivity contribution in [2.24, 2.45) is 0 Å². The highest BCUT2D eigenvalue weighted by Gasteiger charge is 2.29. The Bertz CT molecular complexity index is 788. The molecule has 2 aromatic rings. The average molecular weight is 389 g/mol. The zero-order valence-electron chi connectivity index (χ0n) is 15.4. The number of piperidine rings is 1. The third kappa shape index (κ3) is 4.43. The summed E-state index contributed by atoms with van der Waals surface area (Å²) in [6.07, 6.45) is 7.78. The van der Waals surface area contributed by atoms with Crippen molar-refractivity contribution in [2.75, 3.05) is 13.1 Å². The molecule has 4 rings (SSSR count). The second-order valence-corrected chi connectivity index (χ2v) is 7.97.